The van der Waals surface area contributed by atoms with E-state index in [2.05, 4.69) is 5.43 Å². The molecule has 0 aromatic heterocycles. The molecule has 0 saturated carbocycles. The number of nitrogens with one attached hydrogen (secondary N) is 1. The van der Waals surface area contributed by atoms with Crippen LogP contribution in [0, 0.1) is 0 Å². The molecule has 1 saturated heterocycles. The summed E-state index contributed by atoms with van der Waals surface area (Å²) >= 11 is 0. The van der Waals surface area contributed by atoms with Gasteiger partial charge in [0.05, 0.1) is 19.6 Å². The molecule has 0 aliphatic carbocycles. The van der Waals surface area contributed by atoms with Crippen LogP contribution in [0.2, 0.25) is 0 Å². The smallest absolute Gasteiger partial charge is 0.238 e. The summed E-state index contributed by atoms with van der Waals surface area (Å²) in [7, 11) is 0. The maximum Gasteiger partial charge on any atom is 0.238 e. The molecule has 1 heterocycles. The summed E-state index contributed by atoms with van der Waals surface area (Å²) in [6, 6.07) is 7.34. The van der Waals surface area contributed by atoms with Crippen molar-refractivity contribution in [2.45, 2.75) is 6.42 Å². The highest BCUT2D eigenvalue weighted by Gasteiger charge is 2.12. The highest BCUT2D eigenvalue weighted by atomic mass is 16.5. The van der Waals surface area contributed by atoms with Crippen LogP contribution in [0.25, 0.3) is 0 Å². The van der Waals surface area contributed by atoms with Crippen LogP contribution in [0.5, 0.6) is 0 Å². The van der Waals surface area contributed by atoms with E-state index in [1.807, 2.05) is 17.1 Å². The van der Waals surface area contributed by atoms with E-state index in [0.29, 0.717) is 25.3 Å². The molecular formula is C12H17N3O2. The van der Waals surface area contributed by atoms with Gasteiger partial charge in [0, 0.05) is 18.8 Å². The van der Waals surface area contributed by atoms with Crippen LogP contribution in [-0.4, -0.2) is 37.2 Å². The lowest BCUT2D eigenvalue weighted by molar-refractivity contribution is -0.127. The summed E-state index contributed by atoms with van der Waals surface area (Å²) in [4.78, 5) is 11.7. The first-order valence-corrected chi connectivity index (χ1v) is 5.70. The number of rotatable bonds is 3. The summed E-state index contributed by atoms with van der Waals surface area (Å²) in [5, 5.41) is 1.89. The van der Waals surface area contributed by atoms with Gasteiger partial charge in [0.2, 0.25) is 5.91 Å². The minimum absolute atomic E-state index is 0.00308. The Labute approximate surface area is 101 Å². The van der Waals surface area contributed by atoms with Crippen LogP contribution in [0.4, 0.5) is 5.69 Å². The van der Waals surface area contributed by atoms with Crippen LogP contribution in [0.15, 0.2) is 24.3 Å². The topological polar surface area (TPSA) is 67.6 Å². The van der Waals surface area contributed by atoms with Gasteiger partial charge >= 0.3 is 0 Å². The number of ether oxygens (including phenoxy) is 1. The second-order valence-corrected chi connectivity index (χ2v) is 4.05. The number of amides is 1. The van der Waals surface area contributed by atoms with Gasteiger partial charge in [-0.1, -0.05) is 12.1 Å². The fraction of sp³-hybridized carbons (Fsp3) is 0.417. The number of carbonyl (C=O) groups is 1. The lowest BCUT2D eigenvalue weighted by Gasteiger charge is -2.26. The second-order valence-electron chi connectivity index (χ2n) is 4.05. The van der Waals surface area contributed by atoms with E-state index in [4.69, 9.17) is 10.5 Å². The van der Waals surface area contributed by atoms with Crippen LogP contribution in [0.3, 0.4) is 0 Å². The van der Waals surface area contributed by atoms with Gasteiger partial charge in [0.1, 0.15) is 0 Å². The van der Waals surface area contributed by atoms with Gasteiger partial charge in [-0.3, -0.25) is 10.2 Å². The Morgan fingerprint density at radius 1 is 1.29 bits per heavy atom. The molecule has 2 rings (SSSR count). The lowest BCUT2D eigenvalue weighted by Crippen LogP contribution is -2.48. The predicted molar refractivity (Wildman–Crippen MR) is 65.1 cm³/mol. The Kier molecular flexibility index (Phi) is 3.95. The third kappa shape index (κ3) is 3.72. The molecule has 17 heavy (non-hydrogen) atoms. The quantitative estimate of drug-likeness (QED) is 0.733. The van der Waals surface area contributed by atoms with E-state index in [0.717, 1.165) is 18.7 Å². The normalized spacial score (nSPS) is 16.7. The molecule has 1 aromatic rings. The number of anilines is 1. The number of nitrogens with zero attached hydrogens (tertiary/aromatic N) is 1. The maximum absolute atomic E-state index is 11.7. The Morgan fingerprint density at radius 2 is 1.94 bits per heavy atom. The third-order valence-corrected chi connectivity index (χ3v) is 2.64. The molecule has 5 nitrogen and oxygen atoms in total. The molecule has 0 radical (unpaired) electrons. The van der Waals surface area contributed by atoms with Crippen molar-refractivity contribution in [1.82, 2.24) is 10.4 Å². The number of carbonyl (C=O) groups excluding carboxylic acids is 1. The molecule has 1 aromatic carbocycles. The fourth-order valence-electron chi connectivity index (χ4n) is 1.71. The molecule has 3 N–H and O–H groups in total. The van der Waals surface area contributed by atoms with Crippen molar-refractivity contribution in [2.75, 3.05) is 32.0 Å². The molecule has 5 heteroatoms. The van der Waals surface area contributed by atoms with Crippen LogP contribution in [0.1, 0.15) is 5.56 Å². The third-order valence-electron chi connectivity index (χ3n) is 2.64. The number of nitrogens with two attached hydrogens (primary N) is 1. The molecule has 1 aliphatic heterocycles. The van der Waals surface area contributed by atoms with E-state index in [1.165, 1.54) is 0 Å². The Balaban J connectivity index is 1.82. The van der Waals surface area contributed by atoms with Crippen molar-refractivity contribution in [3.63, 3.8) is 0 Å². The predicted octanol–water partition coefficient (Wildman–Crippen LogP) is 0.175. The largest absolute Gasteiger partial charge is 0.399 e. The monoisotopic (exact) mass is 235 g/mol. The van der Waals surface area contributed by atoms with Gasteiger partial charge in [-0.15, -0.1) is 0 Å². The molecule has 92 valence electrons. The van der Waals surface area contributed by atoms with E-state index in [9.17, 15) is 4.79 Å². The molecule has 0 unspecified atom stereocenters. The van der Waals surface area contributed by atoms with Crippen LogP contribution >= 0.6 is 0 Å². The van der Waals surface area contributed by atoms with Gasteiger partial charge in [-0.2, -0.15) is 0 Å². The Bertz CT molecular complexity index is 372. The Hall–Kier alpha value is -1.59. The molecule has 0 bridgehead atoms. The summed E-state index contributed by atoms with van der Waals surface area (Å²) in [6.07, 6.45) is 0.373. The minimum Gasteiger partial charge on any atom is -0.399 e. The molecule has 1 fully saturated rings. The van der Waals surface area contributed by atoms with Crippen molar-refractivity contribution in [2.24, 2.45) is 0 Å². The number of benzene rings is 1. The van der Waals surface area contributed by atoms with Gasteiger partial charge in [0.15, 0.2) is 0 Å². The van der Waals surface area contributed by atoms with Gasteiger partial charge < -0.3 is 10.5 Å². The zero-order chi connectivity index (χ0) is 12.1. The first-order valence-electron chi connectivity index (χ1n) is 5.70. The summed E-state index contributed by atoms with van der Waals surface area (Å²) in [6.45, 7) is 2.82. The summed E-state index contributed by atoms with van der Waals surface area (Å²) in [5.74, 6) is -0.00308. The Morgan fingerprint density at radius 3 is 2.59 bits per heavy atom. The number of nitrogen functional groups attached to an aromatic ring is 1. The van der Waals surface area contributed by atoms with Gasteiger partial charge in [-0.25, -0.2) is 5.01 Å². The fourth-order valence-corrected chi connectivity index (χ4v) is 1.71. The van der Waals surface area contributed by atoms with E-state index in [-0.39, 0.29) is 5.91 Å². The number of hydrazine groups is 1. The molecule has 1 aliphatic rings. The van der Waals surface area contributed by atoms with E-state index >= 15 is 0 Å². The summed E-state index contributed by atoms with van der Waals surface area (Å²) < 4.78 is 5.21. The minimum atomic E-state index is -0.00308. The van der Waals surface area contributed by atoms with E-state index in [1.54, 1.807) is 12.1 Å². The number of morpholine rings is 1. The van der Waals surface area contributed by atoms with Gasteiger partial charge in [0.25, 0.3) is 0 Å². The SMILES string of the molecule is Nc1ccc(CC(=O)NN2CCOCC2)cc1. The molecular weight excluding hydrogens is 218 g/mol. The van der Waals surface area contributed by atoms with Crippen LogP contribution < -0.4 is 11.2 Å². The van der Waals surface area contributed by atoms with Crippen molar-refractivity contribution in [3.05, 3.63) is 29.8 Å². The maximum atomic E-state index is 11.7. The average molecular weight is 235 g/mol. The second kappa shape index (κ2) is 5.65. The average Bonchev–Trinajstić information content (AvgIpc) is 2.33. The van der Waals surface area contributed by atoms with Crippen molar-refractivity contribution in [1.29, 1.82) is 0 Å². The highest BCUT2D eigenvalue weighted by Crippen LogP contribution is 2.06. The van der Waals surface area contributed by atoms with Crippen molar-refractivity contribution in [3.8, 4) is 0 Å². The zero-order valence-electron chi connectivity index (χ0n) is 9.69. The first-order chi connectivity index (χ1) is 8.24. The highest BCUT2D eigenvalue weighted by molar-refractivity contribution is 5.78. The molecule has 1 amide bonds. The van der Waals surface area contributed by atoms with Gasteiger partial charge in [-0.05, 0) is 17.7 Å². The molecule has 0 spiro atoms. The van der Waals surface area contributed by atoms with E-state index < -0.39 is 0 Å². The first kappa shape index (κ1) is 11.9. The summed E-state index contributed by atoms with van der Waals surface area (Å²) in [5.41, 5.74) is 10.1. The lowest BCUT2D eigenvalue weighted by atomic mass is 10.1. The van der Waals surface area contributed by atoms with Crippen molar-refractivity contribution >= 4 is 11.6 Å². The number of hydrogen-bond donors (Lipinski definition) is 2. The van der Waals surface area contributed by atoms with Crippen molar-refractivity contribution < 1.29 is 9.53 Å². The zero-order valence-corrected chi connectivity index (χ0v) is 9.69. The number of hydrogen-bond acceptors (Lipinski definition) is 4. The molecule has 0 atom stereocenters. The standard InChI is InChI=1S/C12H17N3O2/c13-11-3-1-10(2-4-11)9-12(16)14-15-5-7-17-8-6-15/h1-4H,5-9,13H2,(H,14,16). The van der Waals surface area contributed by atoms with Crippen LogP contribution in [-0.2, 0) is 16.0 Å².